The van der Waals surface area contributed by atoms with Crippen LogP contribution in [0.25, 0.3) is 22.3 Å². The number of hydrogen-bond acceptors (Lipinski definition) is 6. The molecular formula is C26H22F3N3O4. The lowest BCUT2D eigenvalue weighted by atomic mass is 10.1. The zero-order chi connectivity index (χ0) is 25.9. The molecule has 1 heterocycles. The van der Waals surface area contributed by atoms with Crippen molar-refractivity contribution in [1.82, 2.24) is 9.66 Å². The van der Waals surface area contributed by atoms with E-state index < -0.39 is 17.3 Å². The first-order valence-electron chi connectivity index (χ1n) is 10.9. The van der Waals surface area contributed by atoms with Gasteiger partial charge in [0.1, 0.15) is 0 Å². The summed E-state index contributed by atoms with van der Waals surface area (Å²) in [7, 11) is 2.95. The van der Waals surface area contributed by atoms with Crippen molar-refractivity contribution in [3.8, 4) is 28.6 Å². The summed E-state index contributed by atoms with van der Waals surface area (Å²) in [5.74, 6) is 1.15. The summed E-state index contributed by atoms with van der Waals surface area (Å²) in [4.78, 5) is 17.8. The van der Waals surface area contributed by atoms with Crippen LogP contribution in [0.5, 0.6) is 17.2 Å². The quantitative estimate of drug-likeness (QED) is 0.321. The number of para-hydroxylation sites is 1. The normalized spacial score (nSPS) is 11.7. The monoisotopic (exact) mass is 497 g/mol. The van der Waals surface area contributed by atoms with Crippen LogP contribution in [0.3, 0.4) is 0 Å². The molecule has 4 aromatic rings. The van der Waals surface area contributed by atoms with Crippen molar-refractivity contribution >= 4 is 17.1 Å². The molecule has 0 radical (unpaired) electrons. The molecule has 10 heteroatoms. The third kappa shape index (κ3) is 4.88. The predicted octanol–water partition coefficient (Wildman–Crippen LogP) is 5.38. The smallest absolute Gasteiger partial charge is 0.416 e. The Balaban J connectivity index is 1.90. The molecule has 0 saturated carbocycles. The van der Waals surface area contributed by atoms with Gasteiger partial charge < -0.3 is 14.2 Å². The molecule has 36 heavy (non-hydrogen) atoms. The lowest BCUT2D eigenvalue weighted by Crippen LogP contribution is -2.20. The standard InChI is InChI=1S/C26H22F3N3O4/c1-4-36-23-21(34-2)12-16(13-22(23)35-3)15-30-32-24(17-8-7-9-18(14-17)26(27,28)29)31-20-11-6-5-10-19(20)25(32)33/h5-15H,4H2,1-3H3. The highest BCUT2D eigenvalue weighted by Gasteiger charge is 2.31. The molecule has 0 N–H and O–H groups in total. The van der Waals surface area contributed by atoms with Crippen LogP contribution in [0.4, 0.5) is 13.2 Å². The second-order valence-electron chi connectivity index (χ2n) is 7.58. The Morgan fingerprint density at radius 1 is 1.00 bits per heavy atom. The maximum absolute atomic E-state index is 13.4. The van der Waals surface area contributed by atoms with E-state index in [0.717, 1.165) is 16.8 Å². The molecule has 0 spiro atoms. The predicted molar refractivity (Wildman–Crippen MR) is 130 cm³/mol. The molecule has 0 aliphatic rings. The van der Waals surface area contributed by atoms with Crippen molar-refractivity contribution < 1.29 is 27.4 Å². The topological polar surface area (TPSA) is 74.9 Å². The number of aromatic nitrogens is 2. The van der Waals surface area contributed by atoms with E-state index in [2.05, 4.69) is 10.1 Å². The number of fused-ring (bicyclic) bond motifs is 1. The number of ether oxygens (including phenoxy) is 3. The van der Waals surface area contributed by atoms with E-state index in [4.69, 9.17) is 14.2 Å². The third-order valence-electron chi connectivity index (χ3n) is 5.30. The molecule has 0 bridgehead atoms. The minimum atomic E-state index is -4.56. The number of nitrogens with zero attached hydrogens (tertiary/aromatic N) is 3. The van der Waals surface area contributed by atoms with Crippen LogP contribution in [-0.2, 0) is 6.18 Å². The third-order valence-corrected chi connectivity index (χ3v) is 5.30. The maximum atomic E-state index is 13.4. The lowest BCUT2D eigenvalue weighted by molar-refractivity contribution is -0.137. The van der Waals surface area contributed by atoms with Crippen molar-refractivity contribution in [3.63, 3.8) is 0 Å². The van der Waals surface area contributed by atoms with Gasteiger partial charge in [-0.3, -0.25) is 4.79 Å². The highest BCUT2D eigenvalue weighted by molar-refractivity contribution is 5.83. The summed E-state index contributed by atoms with van der Waals surface area (Å²) in [6, 6.07) is 14.4. The summed E-state index contributed by atoms with van der Waals surface area (Å²) < 4.78 is 57.5. The zero-order valence-corrected chi connectivity index (χ0v) is 19.7. The molecule has 0 saturated heterocycles. The Bertz CT molecular complexity index is 1470. The SMILES string of the molecule is CCOc1c(OC)cc(C=Nn2c(-c3cccc(C(F)(F)F)c3)nc3ccccc3c2=O)cc1OC. The van der Waals surface area contributed by atoms with Crippen LogP contribution in [-0.4, -0.2) is 36.7 Å². The molecule has 4 rings (SSSR count). The van der Waals surface area contributed by atoms with E-state index in [1.165, 1.54) is 32.6 Å². The Hall–Kier alpha value is -4.34. The van der Waals surface area contributed by atoms with Crippen molar-refractivity contribution in [2.75, 3.05) is 20.8 Å². The van der Waals surface area contributed by atoms with E-state index in [-0.39, 0.29) is 16.8 Å². The summed E-state index contributed by atoms with van der Waals surface area (Å²) in [6.07, 6.45) is -3.19. The summed E-state index contributed by atoms with van der Waals surface area (Å²) >= 11 is 0. The van der Waals surface area contributed by atoms with Gasteiger partial charge >= 0.3 is 6.18 Å². The van der Waals surface area contributed by atoms with Crippen molar-refractivity contribution in [2.45, 2.75) is 13.1 Å². The average Bonchev–Trinajstić information content (AvgIpc) is 2.88. The van der Waals surface area contributed by atoms with Crippen LogP contribution in [0.2, 0.25) is 0 Å². The molecule has 3 aromatic carbocycles. The molecule has 0 amide bonds. The van der Waals surface area contributed by atoms with E-state index >= 15 is 0 Å². The maximum Gasteiger partial charge on any atom is 0.416 e. The minimum absolute atomic E-state index is 0.0362. The van der Waals surface area contributed by atoms with Crippen molar-refractivity contribution in [3.05, 3.63) is 82.1 Å². The van der Waals surface area contributed by atoms with E-state index in [0.29, 0.717) is 34.9 Å². The van der Waals surface area contributed by atoms with E-state index in [9.17, 15) is 18.0 Å². The fraction of sp³-hybridized carbons (Fsp3) is 0.192. The Morgan fingerprint density at radius 3 is 2.33 bits per heavy atom. The Morgan fingerprint density at radius 2 is 1.69 bits per heavy atom. The highest BCUT2D eigenvalue weighted by Crippen LogP contribution is 2.38. The minimum Gasteiger partial charge on any atom is -0.493 e. The number of rotatable bonds is 7. The average molecular weight is 497 g/mol. The number of alkyl halides is 3. The van der Waals surface area contributed by atoms with Gasteiger partial charge in [0.05, 0.1) is 43.5 Å². The number of halogens is 3. The highest BCUT2D eigenvalue weighted by atomic mass is 19.4. The molecule has 1 aromatic heterocycles. The van der Waals surface area contributed by atoms with Gasteiger partial charge in [-0.25, -0.2) is 4.98 Å². The van der Waals surface area contributed by atoms with E-state index in [1.807, 2.05) is 6.92 Å². The molecule has 0 aliphatic carbocycles. The Labute approximate surface area is 204 Å². The first-order valence-corrected chi connectivity index (χ1v) is 10.9. The molecule has 0 fully saturated rings. The van der Waals surface area contributed by atoms with Crippen LogP contribution in [0, 0.1) is 0 Å². The summed E-state index contributed by atoms with van der Waals surface area (Å²) in [5, 5.41) is 4.57. The summed E-state index contributed by atoms with van der Waals surface area (Å²) in [5.41, 5.74) is -0.465. The number of benzene rings is 3. The fourth-order valence-corrected chi connectivity index (χ4v) is 3.64. The van der Waals surface area contributed by atoms with Crippen LogP contribution < -0.4 is 19.8 Å². The molecule has 0 atom stereocenters. The molecule has 0 unspecified atom stereocenters. The van der Waals surface area contributed by atoms with Crippen molar-refractivity contribution in [1.29, 1.82) is 0 Å². The number of hydrogen-bond donors (Lipinski definition) is 0. The Kier molecular flexibility index (Phi) is 6.96. The molecule has 186 valence electrons. The van der Waals surface area contributed by atoms with Gasteiger partial charge in [-0.2, -0.15) is 22.9 Å². The van der Waals surface area contributed by atoms with Gasteiger partial charge in [-0.05, 0) is 43.3 Å². The van der Waals surface area contributed by atoms with Gasteiger partial charge in [0.2, 0.25) is 5.75 Å². The molecule has 0 aliphatic heterocycles. The van der Waals surface area contributed by atoms with Gasteiger partial charge in [-0.1, -0.05) is 24.3 Å². The largest absolute Gasteiger partial charge is 0.493 e. The zero-order valence-electron chi connectivity index (χ0n) is 19.7. The van der Waals surface area contributed by atoms with Crippen LogP contribution in [0.15, 0.2) is 70.6 Å². The number of methoxy groups -OCH3 is 2. The van der Waals surface area contributed by atoms with Crippen molar-refractivity contribution in [2.24, 2.45) is 5.10 Å². The first kappa shape index (κ1) is 24.8. The lowest BCUT2D eigenvalue weighted by Gasteiger charge is -2.14. The van der Waals surface area contributed by atoms with Gasteiger partial charge in [0.25, 0.3) is 5.56 Å². The van der Waals surface area contributed by atoms with Crippen LogP contribution in [0.1, 0.15) is 18.1 Å². The van der Waals surface area contributed by atoms with Gasteiger partial charge in [-0.15, -0.1) is 0 Å². The van der Waals surface area contributed by atoms with Crippen LogP contribution >= 0.6 is 0 Å². The second-order valence-corrected chi connectivity index (χ2v) is 7.58. The fourth-order valence-electron chi connectivity index (χ4n) is 3.64. The second kappa shape index (κ2) is 10.1. The molecular weight excluding hydrogens is 475 g/mol. The summed E-state index contributed by atoms with van der Waals surface area (Å²) in [6.45, 7) is 2.21. The van der Waals surface area contributed by atoms with Gasteiger partial charge in [0, 0.05) is 11.1 Å². The van der Waals surface area contributed by atoms with E-state index in [1.54, 1.807) is 36.4 Å². The van der Waals surface area contributed by atoms with Gasteiger partial charge in [0.15, 0.2) is 17.3 Å². The first-order chi connectivity index (χ1) is 17.3. The molecule has 7 nitrogen and oxygen atoms in total.